The molecule has 6 heteroatoms. The summed E-state index contributed by atoms with van der Waals surface area (Å²) < 4.78 is 0. The molecule has 1 atom stereocenters. The number of rotatable bonds is 5. The second kappa shape index (κ2) is 5.88. The van der Waals surface area contributed by atoms with Gasteiger partial charge in [0.25, 0.3) is 0 Å². The Morgan fingerprint density at radius 3 is 3.11 bits per heavy atom. The highest BCUT2D eigenvalue weighted by Gasteiger charge is 2.39. The van der Waals surface area contributed by atoms with Gasteiger partial charge >= 0.3 is 0 Å². The predicted octanol–water partition coefficient (Wildman–Crippen LogP) is 1.53. The lowest BCUT2D eigenvalue weighted by molar-refractivity contribution is -0.129. The minimum absolute atomic E-state index is 0.146. The molecule has 1 fully saturated rings. The third-order valence-electron chi connectivity index (χ3n) is 3.59. The standard InChI is InChI=1S/C13H22N4OS/c1-4-15-12-16-7-10(19-12)8-17-6-5-13(2,9-17)11(18)14-3/h7H,4-6,8-9H2,1-3H3,(H,14,18)(H,15,16). The van der Waals surface area contributed by atoms with Crippen molar-refractivity contribution in [2.75, 3.05) is 32.0 Å². The molecule has 1 aromatic rings. The van der Waals surface area contributed by atoms with Gasteiger partial charge in [0, 0.05) is 37.8 Å². The minimum Gasteiger partial charge on any atom is -0.362 e. The second-order valence-corrected chi connectivity index (χ2v) is 6.38. The first-order valence-electron chi connectivity index (χ1n) is 6.70. The van der Waals surface area contributed by atoms with Crippen molar-refractivity contribution in [3.05, 3.63) is 11.1 Å². The average Bonchev–Trinajstić information content (AvgIpc) is 2.98. The maximum atomic E-state index is 11.9. The summed E-state index contributed by atoms with van der Waals surface area (Å²) in [7, 11) is 1.71. The third-order valence-corrected chi connectivity index (χ3v) is 4.53. The summed E-state index contributed by atoms with van der Waals surface area (Å²) in [5.41, 5.74) is -0.246. The van der Waals surface area contributed by atoms with Gasteiger partial charge in [0.2, 0.25) is 5.91 Å². The third kappa shape index (κ3) is 3.25. The second-order valence-electron chi connectivity index (χ2n) is 5.26. The molecular formula is C13H22N4OS. The van der Waals surface area contributed by atoms with Gasteiger partial charge in [0.15, 0.2) is 5.13 Å². The summed E-state index contributed by atoms with van der Waals surface area (Å²) in [6.07, 6.45) is 2.85. The van der Waals surface area contributed by atoms with Gasteiger partial charge in [-0.05, 0) is 26.8 Å². The van der Waals surface area contributed by atoms with Crippen molar-refractivity contribution < 1.29 is 4.79 Å². The largest absolute Gasteiger partial charge is 0.362 e. The number of nitrogens with zero attached hydrogens (tertiary/aromatic N) is 2. The highest BCUT2D eigenvalue weighted by molar-refractivity contribution is 7.15. The van der Waals surface area contributed by atoms with E-state index in [2.05, 4.69) is 27.4 Å². The normalized spacial score (nSPS) is 23.5. The zero-order valence-corrected chi connectivity index (χ0v) is 12.6. The van der Waals surface area contributed by atoms with Gasteiger partial charge in [-0.3, -0.25) is 9.69 Å². The van der Waals surface area contributed by atoms with Crippen LogP contribution in [-0.2, 0) is 11.3 Å². The van der Waals surface area contributed by atoms with Gasteiger partial charge in [-0.25, -0.2) is 4.98 Å². The summed E-state index contributed by atoms with van der Waals surface area (Å²) in [4.78, 5) is 19.8. The molecule has 2 N–H and O–H groups in total. The van der Waals surface area contributed by atoms with E-state index in [-0.39, 0.29) is 11.3 Å². The molecule has 1 amide bonds. The summed E-state index contributed by atoms with van der Waals surface area (Å²) in [6, 6.07) is 0. The van der Waals surface area contributed by atoms with E-state index < -0.39 is 0 Å². The van der Waals surface area contributed by atoms with Gasteiger partial charge in [0.05, 0.1) is 5.41 Å². The van der Waals surface area contributed by atoms with Gasteiger partial charge in [-0.1, -0.05) is 0 Å². The van der Waals surface area contributed by atoms with Gasteiger partial charge in [-0.15, -0.1) is 11.3 Å². The minimum atomic E-state index is -0.246. The van der Waals surface area contributed by atoms with Crippen LogP contribution in [0.2, 0.25) is 0 Å². The van der Waals surface area contributed by atoms with Crippen LogP contribution in [0.15, 0.2) is 6.20 Å². The smallest absolute Gasteiger partial charge is 0.227 e. The van der Waals surface area contributed by atoms with Gasteiger partial charge in [0.1, 0.15) is 0 Å². The van der Waals surface area contributed by atoms with Gasteiger partial charge in [-0.2, -0.15) is 0 Å². The fourth-order valence-corrected chi connectivity index (χ4v) is 3.44. The number of nitrogens with one attached hydrogen (secondary N) is 2. The Morgan fingerprint density at radius 2 is 2.42 bits per heavy atom. The Hall–Kier alpha value is -1.14. The molecule has 2 rings (SSSR count). The van der Waals surface area contributed by atoms with E-state index in [1.807, 2.05) is 13.1 Å². The number of thiazole rings is 1. The number of carbonyl (C=O) groups excluding carboxylic acids is 1. The van der Waals surface area contributed by atoms with E-state index in [9.17, 15) is 4.79 Å². The fraction of sp³-hybridized carbons (Fsp3) is 0.692. The fourth-order valence-electron chi connectivity index (χ4n) is 2.51. The average molecular weight is 282 g/mol. The van der Waals surface area contributed by atoms with Crippen molar-refractivity contribution in [3.63, 3.8) is 0 Å². The van der Waals surface area contributed by atoms with Crippen molar-refractivity contribution >= 4 is 22.4 Å². The van der Waals surface area contributed by atoms with Crippen molar-refractivity contribution in [2.24, 2.45) is 5.41 Å². The molecule has 0 spiro atoms. The molecule has 106 valence electrons. The Kier molecular flexibility index (Phi) is 4.42. The maximum Gasteiger partial charge on any atom is 0.227 e. The van der Waals surface area contributed by atoms with Crippen LogP contribution in [0.25, 0.3) is 0 Å². The van der Waals surface area contributed by atoms with Crippen LogP contribution in [-0.4, -0.2) is 42.5 Å². The monoisotopic (exact) mass is 282 g/mol. The van der Waals surface area contributed by atoms with E-state index in [1.165, 1.54) is 4.88 Å². The van der Waals surface area contributed by atoms with Crippen LogP contribution in [0.1, 0.15) is 25.1 Å². The molecule has 1 aromatic heterocycles. The summed E-state index contributed by atoms with van der Waals surface area (Å²) in [5, 5.41) is 6.97. The lowest BCUT2D eigenvalue weighted by Gasteiger charge is -2.22. The van der Waals surface area contributed by atoms with E-state index in [4.69, 9.17) is 0 Å². The molecule has 1 saturated heterocycles. The number of likely N-dealkylation sites (tertiary alicyclic amines) is 1. The quantitative estimate of drug-likeness (QED) is 0.860. The maximum absolute atomic E-state index is 11.9. The van der Waals surface area contributed by atoms with Crippen LogP contribution in [0.5, 0.6) is 0 Å². The molecule has 1 aliphatic rings. The van der Waals surface area contributed by atoms with E-state index >= 15 is 0 Å². The van der Waals surface area contributed by atoms with Crippen molar-refractivity contribution in [1.82, 2.24) is 15.2 Å². The Balaban J connectivity index is 1.92. The van der Waals surface area contributed by atoms with Crippen LogP contribution in [0.3, 0.4) is 0 Å². The summed E-state index contributed by atoms with van der Waals surface area (Å²) >= 11 is 1.69. The van der Waals surface area contributed by atoms with Crippen LogP contribution in [0.4, 0.5) is 5.13 Å². The Morgan fingerprint density at radius 1 is 1.63 bits per heavy atom. The van der Waals surface area contributed by atoms with Crippen molar-refractivity contribution in [1.29, 1.82) is 0 Å². The first kappa shape index (κ1) is 14.3. The van der Waals surface area contributed by atoms with Crippen LogP contribution < -0.4 is 10.6 Å². The van der Waals surface area contributed by atoms with Crippen LogP contribution >= 0.6 is 11.3 Å². The molecule has 5 nitrogen and oxygen atoms in total. The summed E-state index contributed by atoms with van der Waals surface area (Å²) in [5.74, 6) is 0.146. The number of aromatic nitrogens is 1. The number of amides is 1. The van der Waals surface area contributed by atoms with Crippen molar-refractivity contribution in [2.45, 2.75) is 26.8 Å². The highest BCUT2D eigenvalue weighted by Crippen LogP contribution is 2.32. The number of carbonyl (C=O) groups is 1. The topological polar surface area (TPSA) is 57.3 Å². The lowest BCUT2D eigenvalue weighted by Crippen LogP contribution is -2.39. The number of hydrogen-bond donors (Lipinski definition) is 2. The summed E-state index contributed by atoms with van der Waals surface area (Å²) in [6.45, 7) is 7.68. The highest BCUT2D eigenvalue weighted by atomic mass is 32.1. The number of anilines is 1. The first-order valence-corrected chi connectivity index (χ1v) is 7.52. The van der Waals surface area contributed by atoms with E-state index in [0.29, 0.717) is 0 Å². The first-order chi connectivity index (χ1) is 9.07. The molecule has 0 radical (unpaired) electrons. The molecule has 0 bridgehead atoms. The molecular weight excluding hydrogens is 260 g/mol. The Bertz CT molecular complexity index is 448. The molecule has 1 unspecified atom stereocenters. The zero-order valence-electron chi connectivity index (χ0n) is 11.8. The number of hydrogen-bond acceptors (Lipinski definition) is 5. The van der Waals surface area contributed by atoms with Gasteiger partial charge < -0.3 is 10.6 Å². The molecule has 19 heavy (non-hydrogen) atoms. The SMILES string of the molecule is CCNc1ncc(CN2CCC(C)(C(=O)NC)C2)s1. The predicted molar refractivity (Wildman–Crippen MR) is 78.3 cm³/mol. The molecule has 0 aromatic carbocycles. The Labute approximate surface area is 118 Å². The van der Waals surface area contributed by atoms with Crippen LogP contribution in [0, 0.1) is 5.41 Å². The lowest BCUT2D eigenvalue weighted by atomic mass is 9.89. The van der Waals surface area contributed by atoms with E-state index in [0.717, 1.165) is 37.7 Å². The van der Waals surface area contributed by atoms with Crippen molar-refractivity contribution in [3.8, 4) is 0 Å². The van der Waals surface area contributed by atoms with E-state index in [1.54, 1.807) is 18.4 Å². The zero-order chi connectivity index (χ0) is 13.9. The molecule has 1 aliphatic heterocycles. The molecule has 0 saturated carbocycles. The molecule has 2 heterocycles. The molecule has 0 aliphatic carbocycles.